The van der Waals surface area contributed by atoms with Gasteiger partial charge in [0.05, 0.1) is 0 Å². The van der Waals surface area contributed by atoms with Gasteiger partial charge in [0.2, 0.25) is 0 Å². The third kappa shape index (κ3) is 3.88. The molecule has 78 valence electrons. The monoisotopic (exact) mass is 275 g/mol. The molecule has 0 saturated carbocycles. The third-order valence-electron chi connectivity index (χ3n) is 1.84. The van der Waals surface area contributed by atoms with Gasteiger partial charge < -0.3 is 4.57 Å². The van der Waals surface area contributed by atoms with Crippen molar-refractivity contribution in [3.8, 4) is 0 Å². The fraction of sp³-hybridized carbons (Fsp3) is 0.500. The maximum absolute atomic E-state index is 11.4. The molecule has 0 amide bonds. The van der Waals surface area contributed by atoms with Gasteiger partial charge in [0.1, 0.15) is 0 Å². The van der Waals surface area contributed by atoms with Gasteiger partial charge in [0, 0.05) is 23.3 Å². The molecular formula is C10H14BrNOS. The Bertz CT molecular complexity index is 337. The molecule has 0 fully saturated rings. The fourth-order valence-electron chi connectivity index (χ4n) is 1.16. The van der Waals surface area contributed by atoms with Gasteiger partial charge in [-0.3, -0.25) is 4.79 Å². The second kappa shape index (κ2) is 6.30. The molecule has 1 aromatic rings. The maximum Gasteiger partial charge on any atom is 0.250 e. The normalized spacial score (nSPS) is 10.4. The molecule has 0 aliphatic carbocycles. The Morgan fingerprint density at radius 2 is 2.29 bits per heavy atom. The highest BCUT2D eigenvalue weighted by Gasteiger charge is 1.96. The molecule has 0 aliphatic heterocycles. The lowest BCUT2D eigenvalue weighted by Gasteiger charge is -2.04. The molecule has 1 aromatic heterocycles. The molecule has 0 N–H and O–H groups in total. The first-order chi connectivity index (χ1) is 6.74. The van der Waals surface area contributed by atoms with Gasteiger partial charge in [0.25, 0.3) is 5.56 Å². The first-order valence-corrected chi connectivity index (χ1v) is 6.62. The van der Waals surface area contributed by atoms with Gasteiger partial charge in [-0.1, -0.05) is 6.92 Å². The van der Waals surface area contributed by atoms with Gasteiger partial charge in [-0.25, -0.2) is 0 Å². The van der Waals surface area contributed by atoms with Crippen molar-refractivity contribution in [1.29, 1.82) is 0 Å². The zero-order chi connectivity index (χ0) is 10.4. The minimum Gasteiger partial charge on any atom is -0.314 e. The first-order valence-electron chi connectivity index (χ1n) is 4.67. The van der Waals surface area contributed by atoms with E-state index in [0.29, 0.717) is 0 Å². The van der Waals surface area contributed by atoms with Crippen molar-refractivity contribution >= 4 is 27.7 Å². The van der Waals surface area contributed by atoms with Crippen LogP contribution >= 0.6 is 27.7 Å². The number of rotatable bonds is 5. The summed E-state index contributed by atoms with van der Waals surface area (Å²) < 4.78 is 2.71. The molecule has 0 aromatic carbocycles. The van der Waals surface area contributed by atoms with E-state index in [0.717, 1.165) is 28.9 Å². The van der Waals surface area contributed by atoms with E-state index in [1.807, 2.05) is 18.0 Å². The third-order valence-corrected chi connectivity index (χ3v) is 3.29. The van der Waals surface area contributed by atoms with E-state index in [9.17, 15) is 4.79 Å². The number of hydrogen-bond donors (Lipinski definition) is 0. The quantitative estimate of drug-likeness (QED) is 0.771. The standard InChI is InChI=1S/C10H14BrNOS/c1-2-14-7-3-6-12-8-9(11)4-5-10(12)13/h4-5,8H,2-3,6-7H2,1H3. The lowest BCUT2D eigenvalue weighted by molar-refractivity contribution is 0.656. The molecule has 0 aliphatic rings. The van der Waals surface area contributed by atoms with Crippen molar-refractivity contribution in [2.24, 2.45) is 0 Å². The van der Waals surface area contributed by atoms with Gasteiger partial charge in [-0.2, -0.15) is 11.8 Å². The lowest BCUT2D eigenvalue weighted by atomic mass is 10.4. The zero-order valence-corrected chi connectivity index (χ0v) is 10.6. The average Bonchev–Trinajstić information content (AvgIpc) is 2.18. The summed E-state index contributed by atoms with van der Waals surface area (Å²) in [6, 6.07) is 3.37. The molecule has 14 heavy (non-hydrogen) atoms. The molecule has 0 spiro atoms. The van der Waals surface area contributed by atoms with Crippen molar-refractivity contribution in [3.05, 3.63) is 33.2 Å². The second-order valence-corrected chi connectivity index (χ2v) is 5.24. The average molecular weight is 276 g/mol. The predicted molar refractivity (Wildman–Crippen MR) is 66.0 cm³/mol. The van der Waals surface area contributed by atoms with Gasteiger partial charge in [-0.15, -0.1) is 0 Å². The SMILES string of the molecule is CCSCCCn1cc(Br)ccc1=O. The highest BCUT2D eigenvalue weighted by Crippen LogP contribution is 2.06. The smallest absolute Gasteiger partial charge is 0.250 e. The molecule has 0 unspecified atom stereocenters. The summed E-state index contributed by atoms with van der Waals surface area (Å²) >= 11 is 5.26. The van der Waals surface area contributed by atoms with Crippen molar-refractivity contribution in [3.63, 3.8) is 0 Å². The molecular weight excluding hydrogens is 262 g/mol. The fourth-order valence-corrected chi connectivity index (χ4v) is 2.16. The van der Waals surface area contributed by atoms with Crippen LogP contribution in [0.3, 0.4) is 0 Å². The molecule has 0 radical (unpaired) electrons. The largest absolute Gasteiger partial charge is 0.314 e. The van der Waals surface area contributed by atoms with E-state index in [4.69, 9.17) is 0 Å². The summed E-state index contributed by atoms with van der Waals surface area (Å²) in [6.45, 7) is 2.96. The lowest BCUT2D eigenvalue weighted by Crippen LogP contribution is -2.18. The second-order valence-electron chi connectivity index (χ2n) is 2.93. The Morgan fingerprint density at radius 3 is 3.00 bits per heavy atom. The first kappa shape index (κ1) is 11.9. The van der Waals surface area contributed by atoms with E-state index in [2.05, 4.69) is 22.9 Å². The summed E-state index contributed by atoms with van der Waals surface area (Å²) in [7, 11) is 0. The molecule has 1 rings (SSSR count). The number of aromatic nitrogens is 1. The zero-order valence-electron chi connectivity index (χ0n) is 8.20. The van der Waals surface area contributed by atoms with Crippen molar-refractivity contribution in [2.75, 3.05) is 11.5 Å². The van der Waals surface area contributed by atoms with Crippen LogP contribution in [0.15, 0.2) is 27.6 Å². The van der Waals surface area contributed by atoms with Crippen LogP contribution in [0.25, 0.3) is 0 Å². The number of halogens is 1. The maximum atomic E-state index is 11.4. The van der Waals surface area contributed by atoms with Crippen LogP contribution in [0.2, 0.25) is 0 Å². The van der Waals surface area contributed by atoms with Crippen LogP contribution in [0.4, 0.5) is 0 Å². The Labute approximate surface area is 96.8 Å². The van der Waals surface area contributed by atoms with Gasteiger partial charge in [-0.05, 0) is 39.9 Å². The topological polar surface area (TPSA) is 22.0 Å². The van der Waals surface area contributed by atoms with E-state index >= 15 is 0 Å². The Balaban J connectivity index is 2.49. The Hall–Kier alpha value is -0.220. The number of pyridine rings is 1. The van der Waals surface area contributed by atoms with Crippen LogP contribution in [-0.4, -0.2) is 16.1 Å². The van der Waals surface area contributed by atoms with E-state index in [1.54, 1.807) is 16.7 Å². The molecule has 0 atom stereocenters. The predicted octanol–water partition coefficient (Wildman–Crippen LogP) is 2.75. The summed E-state index contributed by atoms with van der Waals surface area (Å²) in [5, 5.41) is 0. The van der Waals surface area contributed by atoms with Crippen molar-refractivity contribution < 1.29 is 0 Å². The Kier molecular flexibility index (Phi) is 5.33. The number of aryl methyl sites for hydroxylation is 1. The Morgan fingerprint density at radius 1 is 1.50 bits per heavy atom. The molecule has 0 bridgehead atoms. The number of nitrogens with zero attached hydrogens (tertiary/aromatic N) is 1. The molecule has 1 heterocycles. The highest BCUT2D eigenvalue weighted by atomic mass is 79.9. The number of hydrogen-bond acceptors (Lipinski definition) is 2. The van der Waals surface area contributed by atoms with Crippen LogP contribution in [0.5, 0.6) is 0 Å². The van der Waals surface area contributed by atoms with Crippen LogP contribution in [0.1, 0.15) is 13.3 Å². The molecule has 4 heteroatoms. The van der Waals surface area contributed by atoms with Crippen LogP contribution in [0, 0.1) is 0 Å². The molecule has 2 nitrogen and oxygen atoms in total. The summed E-state index contributed by atoms with van der Waals surface area (Å²) in [6.07, 6.45) is 2.90. The summed E-state index contributed by atoms with van der Waals surface area (Å²) in [4.78, 5) is 11.4. The van der Waals surface area contributed by atoms with Gasteiger partial charge >= 0.3 is 0 Å². The van der Waals surface area contributed by atoms with Gasteiger partial charge in [0.15, 0.2) is 0 Å². The number of thioether (sulfide) groups is 1. The van der Waals surface area contributed by atoms with E-state index in [1.165, 1.54) is 0 Å². The summed E-state index contributed by atoms with van der Waals surface area (Å²) in [5.74, 6) is 2.27. The minimum atomic E-state index is 0.0784. The molecule has 0 saturated heterocycles. The van der Waals surface area contributed by atoms with Crippen LogP contribution in [-0.2, 0) is 6.54 Å². The summed E-state index contributed by atoms with van der Waals surface area (Å²) in [5.41, 5.74) is 0.0784. The van der Waals surface area contributed by atoms with Crippen molar-refractivity contribution in [1.82, 2.24) is 4.57 Å². The van der Waals surface area contributed by atoms with Crippen LogP contribution < -0.4 is 5.56 Å². The van der Waals surface area contributed by atoms with E-state index in [-0.39, 0.29) is 5.56 Å². The minimum absolute atomic E-state index is 0.0784. The van der Waals surface area contributed by atoms with Crippen molar-refractivity contribution in [2.45, 2.75) is 19.9 Å². The van der Waals surface area contributed by atoms with E-state index < -0.39 is 0 Å². The highest BCUT2D eigenvalue weighted by molar-refractivity contribution is 9.10.